The Morgan fingerprint density at radius 1 is 0.412 bits per heavy atom. The molecular weight excluding hydrogens is 641 g/mol. The highest BCUT2D eigenvalue weighted by Crippen LogP contribution is 2.51. The third-order valence-electron chi connectivity index (χ3n) is 10.8. The van der Waals surface area contributed by atoms with E-state index in [9.17, 15) is 0 Å². The minimum atomic E-state index is 0.998. The number of thiophene rings is 1. The summed E-state index contributed by atoms with van der Waals surface area (Å²) in [5.41, 5.74) is 7.05. The van der Waals surface area contributed by atoms with Gasteiger partial charge in [0.25, 0.3) is 0 Å². The number of para-hydroxylation sites is 3. The van der Waals surface area contributed by atoms with Gasteiger partial charge in [-0.15, -0.1) is 11.3 Å². The van der Waals surface area contributed by atoms with Crippen molar-refractivity contribution in [2.24, 2.45) is 0 Å². The van der Waals surface area contributed by atoms with Crippen LogP contribution in [-0.2, 0) is 0 Å². The average molecular weight is 667 g/mol. The first-order valence-electron chi connectivity index (χ1n) is 17.2. The fraction of sp³-hybridized carbons (Fsp3) is 0. The largest absolute Gasteiger partial charge is 0.308 e. The molecule has 0 aliphatic carbocycles. The maximum atomic E-state index is 4.83. The van der Waals surface area contributed by atoms with Gasteiger partial charge in [-0.25, -0.2) is 9.97 Å². The molecule has 0 saturated carbocycles. The molecule has 0 atom stereocenters. The van der Waals surface area contributed by atoms with Crippen LogP contribution in [0.4, 0.5) is 0 Å². The first-order valence-corrected chi connectivity index (χ1v) is 18.1. The number of fused-ring (bicyclic) bond motifs is 18. The van der Waals surface area contributed by atoms with Crippen LogP contribution in [0.15, 0.2) is 158 Å². The van der Waals surface area contributed by atoms with Gasteiger partial charge in [0, 0.05) is 54.6 Å². The molecule has 4 aromatic heterocycles. The molecule has 0 fully saturated rings. The van der Waals surface area contributed by atoms with Crippen LogP contribution in [0.25, 0.3) is 108 Å². The number of benzene rings is 8. The molecule has 0 aliphatic rings. The Labute approximate surface area is 295 Å². The molecule has 51 heavy (non-hydrogen) atoms. The monoisotopic (exact) mass is 666 g/mol. The molecule has 0 radical (unpaired) electrons. The number of hydrogen-bond donors (Lipinski definition) is 0. The van der Waals surface area contributed by atoms with Gasteiger partial charge in [0.2, 0.25) is 0 Å². The zero-order chi connectivity index (χ0) is 33.2. The molecule has 5 heteroatoms. The molecule has 0 saturated heterocycles. The summed E-state index contributed by atoms with van der Waals surface area (Å²) >= 11 is 1.77. The zero-order valence-electron chi connectivity index (χ0n) is 27.2. The highest BCUT2D eigenvalue weighted by Gasteiger charge is 2.27. The van der Waals surface area contributed by atoms with E-state index in [1.807, 2.05) is 6.20 Å². The van der Waals surface area contributed by atoms with Crippen molar-refractivity contribution in [3.8, 4) is 11.4 Å². The van der Waals surface area contributed by atoms with Gasteiger partial charge >= 0.3 is 0 Å². The van der Waals surface area contributed by atoms with Crippen LogP contribution in [0, 0.1) is 0 Å². The molecule has 12 aromatic rings. The van der Waals surface area contributed by atoms with Crippen molar-refractivity contribution in [2.45, 2.75) is 0 Å². The maximum Gasteiger partial charge on any atom is 0.127 e. The second kappa shape index (κ2) is 10.0. The van der Waals surface area contributed by atoms with Gasteiger partial charge in [-0.3, -0.25) is 0 Å². The van der Waals surface area contributed by atoms with E-state index in [2.05, 4.69) is 160 Å². The van der Waals surface area contributed by atoms with Gasteiger partial charge in [-0.2, -0.15) is 0 Å². The van der Waals surface area contributed by atoms with E-state index in [0.29, 0.717) is 0 Å². The molecule has 0 aliphatic heterocycles. The fourth-order valence-electron chi connectivity index (χ4n) is 8.82. The smallest absolute Gasteiger partial charge is 0.127 e. The van der Waals surface area contributed by atoms with Gasteiger partial charge in [-0.1, -0.05) is 109 Å². The van der Waals surface area contributed by atoms with Gasteiger partial charge in [0.05, 0.1) is 22.1 Å². The summed E-state index contributed by atoms with van der Waals surface area (Å²) in [6.07, 6.45) is 3.68. The van der Waals surface area contributed by atoms with E-state index in [1.54, 1.807) is 17.7 Å². The minimum absolute atomic E-state index is 0.998. The van der Waals surface area contributed by atoms with E-state index < -0.39 is 0 Å². The predicted molar refractivity (Wildman–Crippen MR) is 216 cm³/mol. The highest BCUT2D eigenvalue weighted by molar-refractivity contribution is 7.26. The zero-order valence-corrected chi connectivity index (χ0v) is 28.0. The summed E-state index contributed by atoms with van der Waals surface area (Å²) in [7, 11) is 0. The number of hydrogen-bond acceptors (Lipinski definition) is 3. The van der Waals surface area contributed by atoms with Crippen LogP contribution in [0.3, 0.4) is 0 Å². The molecule has 8 aromatic carbocycles. The van der Waals surface area contributed by atoms with Gasteiger partial charge in [0.15, 0.2) is 0 Å². The maximum absolute atomic E-state index is 4.83. The molecular formula is C46H26N4S. The Morgan fingerprint density at radius 2 is 0.922 bits per heavy atom. The van der Waals surface area contributed by atoms with Crippen LogP contribution in [-0.4, -0.2) is 19.1 Å². The standard InChI is InChI=1S/C46H26N4S/c1-2-12-27(13-3-1)49-39-21-11-9-19-35(39)41-43(49)40-34-18-8-10-20-38(34)50(44(40)42-37-25-47-26-48-46(37)51-45(41)42)28-22-23-33-31-16-5-4-14-29(31)30-15-6-7-17-32(30)36(33)24-28/h1-26H. The van der Waals surface area contributed by atoms with Crippen LogP contribution in [0.2, 0.25) is 0 Å². The SMILES string of the molecule is c1ccc(-n2c3ccccc3c3c4sc5ncncc5c4c4c(c5ccccc5n4-c4ccc5c6ccccc6c6ccccc6c5c4)c32)cc1. The second-order valence-corrected chi connectivity index (χ2v) is 14.4. The van der Waals surface area contributed by atoms with Crippen LogP contribution in [0.5, 0.6) is 0 Å². The first kappa shape index (κ1) is 27.3. The van der Waals surface area contributed by atoms with Crippen molar-refractivity contribution in [2.75, 3.05) is 0 Å². The summed E-state index contributed by atoms with van der Waals surface area (Å²) in [5, 5.41) is 14.9. The van der Waals surface area contributed by atoms with E-state index in [0.717, 1.165) is 21.6 Å². The van der Waals surface area contributed by atoms with E-state index in [1.165, 1.54) is 86.0 Å². The van der Waals surface area contributed by atoms with Crippen molar-refractivity contribution >= 4 is 108 Å². The summed E-state index contributed by atoms with van der Waals surface area (Å²) in [6.45, 7) is 0. The Morgan fingerprint density at radius 3 is 1.59 bits per heavy atom. The quantitative estimate of drug-likeness (QED) is 0.172. The lowest BCUT2D eigenvalue weighted by Crippen LogP contribution is -1.96. The summed E-state index contributed by atoms with van der Waals surface area (Å²) in [4.78, 5) is 10.4. The summed E-state index contributed by atoms with van der Waals surface area (Å²) < 4.78 is 6.21. The Hall–Kier alpha value is -6.56. The Kier molecular flexibility index (Phi) is 5.35. The first-order chi connectivity index (χ1) is 25.3. The van der Waals surface area contributed by atoms with Crippen LogP contribution >= 0.6 is 11.3 Å². The molecule has 0 unspecified atom stereocenters. The van der Waals surface area contributed by atoms with Gasteiger partial charge in [-0.05, 0) is 68.7 Å². The van der Waals surface area contributed by atoms with Crippen molar-refractivity contribution in [3.05, 3.63) is 158 Å². The molecule has 4 heterocycles. The molecule has 0 amide bonds. The molecule has 236 valence electrons. The molecule has 0 spiro atoms. The average Bonchev–Trinajstić information content (AvgIpc) is 3.86. The lowest BCUT2D eigenvalue weighted by molar-refractivity contribution is 1.18. The van der Waals surface area contributed by atoms with Crippen molar-refractivity contribution in [1.82, 2.24) is 19.1 Å². The topological polar surface area (TPSA) is 35.6 Å². The van der Waals surface area contributed by atoms with Crippen molar-refractivity contribution in [1.29, 1.82) is 0 Å². The van der Waals surface area contributed by atoms with Crippen molar-refractivity contribution in [3.63, 3.8) is 0 Å². The van der Waals surface area contributed by atoms with E-state index in [4.69, 9.17) is 4.98 Å². The molecule has 12 rings (SSSR count). The number of aromatic nitrogens is 4. The highest BCUT2D eigenvalue weighted by atomic mass is 32.1. The lowest BCUT2D eigenvalue weighted by Gasteiger charge is -2.14. The molecule has 0 N–H and O–H groups in total. The normalized spacial score (nSPS) is 12.3. The fourth-order valence-corrected chi connectivity index (χ4v) is 10.00. The minimum Gasteiger partial charge on any atom is -0.308 e. The van der Waals surface area contributed by atoms with E-state index >= 15 is 0 Å². The summed E-state index contributed by atoms with van der Waals surface area (Å²) in [5.74, 6) is 0. The van der Waals surface area contributed by atoms with Gasteiger partial charge < -0.3 is 9.13 Å². The van der Waals surface area contributed by atoms with Crippen LogP contribution in [0.1, 0.15) is 0 Å². The molecule has 4 nitrogen and oxygen atoms in total. The Bertz CT molecular complexity index is 3390. The third kappa shape index (κ3) is 3.53. The lowest BCUT2D eigenvalue weighted by atomic mass is 9.94. The third-order valence-corrected chi connectivity index (χ3v) is 12.0. The predicted octanol–water partition coefficient (Wildman–Crippen LogP) is 12.5. The Balaban J connectivity index is 1.36. The van der Waals surface area contributed by atoms with Gasteiger partial charge in [0.1, 0.15) is 11.2 Å². The van der Waals surface area contributed by atoms with Crippen molar-refractivity contribution < 1.29 is 0 Å². The van der Waals surface area contributed by atoms with Crippen LogP contribution < -0.4 is 0 Å². The second-order valence-electron chi connectivity index (χ2n) is 13.4. The number of nitrogens with zero attached hydrogens (tertiary/aromatic N) is 4. The summed E-state index contributed by atoms with van der Waals surface area (Å²) in [6, 6.07) is 53.2. The molecule has 0 bridgehead atoms. The number of rotatable bonds is 2. The van der Waals surface area contributed by atoms with E-state index in [-0.39, 0.29) is 0 Å².